The van der Waals surface area contributed by atoms with Crippen LogP contribution in [0.4, 0.5) is 0 Å². The van der Waals surface area contributed by atoms with Gasteiger partial charge in [0.1, 0.15) is 0 Å². The first kappa shape index (κ1) is 11.3. The number of carboxylic acids is 1. The van der Waals surface area contributed by atoms with Gasteiger partial charge in [0.05, 0.1) is 12.8 Å². The largest absolute Gasteiger partial charge is 0.481 e. The van der Waals surface area contributed by atoms with Crippen molar-refractivity contribution >= 4 is 23.7 Å². The zero-order valence-electron chi connectivity index (χ0n) is 6.90. The van der Waals surface area contributed by atoms with Crippen LogP contribution in [0.2, 0.25) is 0 Å². The van der Waals surface area contributed by atoms with Crippen molar-refractivity contribution < 1.29 is 29.0 Å². The summed E-state index contributed by atoms with van der Waals surface area (Å²) < 4.78 is 3.97. The smallest absolute Gasteiger partial charge is 0.381 e. The van der Waals surface area contributed by atoms with Crippen molar-refractivity contribution in [2.45, 2.75) is 19.8 Å². The van der Waals surface area contributed by atoms with E-state index in [0.29, 0.717) is 0 Å². The molecule has 0 radical (unpaired) electrons. The summed E-state index contributed by atoms with van der Waals surface area (Å²) in [5, 5.41) is 8.15. The zero-order chi connectivity index (χ0) is 10.4. The third-order valence-corrected chi connectivity index (χ3v) is 1.04. The molecule has 0 atom stereocenters. The molecule has 0 aliphatic rings. The summed E-state index contributed by atoms with van der Waals surface area (Å²) in [5.41, 5.74) is 0. The van der Waals surface area contributed by atoms with Crippen LogP contribution in [0.5, 0.6) is 0 Å². The molecule has 6 heteroatoms. The van der Waals surface area contributed by atoms with Crippen LogP contribution in [-0.2, 0) is 23.9 Å². The Labute approximate surface area is 73.5 Å². The first-order chi connectivity index (χ1) is 5.93. The van der Waals surface area contributed by atoms with Gasteiger partial charge in [-0.1, -0.05) is 0 Å². The molecule has 13 heavy (non-hydrogen) atoms. The van der Waals surface area contributed by atoms with E-state index in [1.54, 1.807) is 0 Å². The zero-order valence-corrected chi connectivity index (χ0v) is 6.90. The third kappa shape index (κ3) is 5.54. The molecule has 0 aromatic rings. The van der Waals surface area contributed by atoms with Gasteiger partial charge in [0, 0.05) is 6.92 Å². The number of esters is 2. The Morgan fingerprint density at radius 1 is 1.15 bits per heavy atom. The molecule has 0 aliphatic heterocycles. The molecule has 0 spiro atoms. The van der Waals surface area contributed by atoms with Gasteiger partial charge >= 0.3 is 17.9 Å². The molecule has 6 nitrogen and oxygen atoms in total. The highest BCUT2D eigenvalue weighted by molar-refractivity contribution is 6.34. The summed E-state index contributed by atoms with van der Waals surface area (Å²) >= 11 is 0. The lowest BCUT2D eigenvalue weighted by atomic mass is 10.3. The average Bonchev–Trinajstić information content (AvgIpc) is 2.00. The maximum absolute atomic E-state index is 10.6. The Hall–Kier alpha value is -1.72. The van der Waals surface area contributed by atoms with Crippen LogP contribution in [0.15, 0.2) is 0 Å². The van der Waals surface area contributed by atoms with Crippen LogP contribution in [0.1, 0.15) is 19.8 Å². The van der Waals surface area contributed by atoms with E-state index in [1.165, 1.54) is 0 Å². The van der Waals surface area contributed by atoms with E-state index < -0.39 is 36.5 Å². The molecule has 0 bridgehead atoms. The van der Waals surface area contributed by atoms with E-state index >= 15 is 0 Å². The Morgan fingerprint density at radius 2 is 1.69 bits per heavy atom. The standard InChI is InChI=1S/C7H8O6/c1-4(8)7(12)13-6(11)3-2-5(9)10/h2-3H2,1H3,(H,9,10). The Balaban J connectivity index is 3.82. The van der Waals surface area contributed by atoms with Crippen molar-refractivity contribution in [3.05, 3.63) is 0 Å². The number of carbonyl (C=O) groups excluding carboxylic acids is 3. The lowest BCUT2D eigenvalue weighted by molar-refractivity contribution is -0.164. The van der Waals surface area contributed by atoms with E-state index in [9.17, 15) is 19.2 Å². The minimum absolute atomic E-state index is 0.422. The summed E-state index contributed by atoms with van der Waals surface area (Å²) in [6.45, 7) is 0.951. The molecule has 0 unspecified atom stereocenters. The normalized spacial score (nSPS) is 9.00. The van der Waals surface area contributed by atoms with Crippen molar-refractivity contribution in [1.29, 1.82) is 0 Å². The van der Waals surface area contributed by atoms with Crippen LogP contribution >= 0.6 is 0 Å². The molecule has 0 heterocycles. The minimum Gasteiger partial charge on any atom is -0.481 e. The number of carboxylic acid groups (broad SMARTS) is 1. The number of rotatable bonds is 4. The molecular formula is C7H8O6. The molecule has 0 saturated carbocycles. The SMILES string of the molecule is CC(=O)C(=O)OC(=O)CCC(=O)O. The summed E-state index contributed by atoms with van der Waals surface area (Å²) in [5.74, 6) is -4.35. The number of Topliss-reactive ketones (excluding diaryl/α,β-unsaturated/α-hetero) is 1. The fourth-order valence-corrected chi connectivity index (χ4v) is 0.435. The van der Waals surface area contributed by atoms with Crippen LogP contribution in [-0.4, -0.2) is 28.8 Å². The molecule has 0 aromatic heterocycles. The summed E-state index contributed by atoms with van der Waals surface area (Å²) in [6.07, 6.45) is -0.849. The second-order valence-corrected chi connectivity index (χ2v) is 2.21. The van der Waals surface area contributed by atoms with E-state index in [-0.39, 0.29) is 0 Å². The van der Waals surface area contributed by atoms with Crippen LogP contribution < -0.4 is 0 Å². The number of carbonyl (C=O) groups is 4. The van der Waals surface area contributed by atoms with Gasteiger partial charge in [-0.05, 0) is 0 Å². The second kappa shape index (κ2) is 5.02. The quantitative estimate of drug-likeness (QED) is 0.363. The van der Waals surface area contributed by atoms with Crippen LogP contribution in [0.3, 0.4) is 0 Å². The van der Waals surface area contributed by atoms with Crippen molar-refractivity contribution in [1.82, 2.24) is 0 Å². The Kier molecular flexibility index (Phi) is 4.36. The third-order valence-electron chi connectivity index (χ3n) is 1.04. The lowest BCUT2D eigenvalue weighted by Gasteiger charge is -1.97. The average molecular weight is 188 g/mol. The van der Waals surface area contributed by atoms with E-state index in [1.807, 2.05) is 0 Å². The highest BCUT2D eigenvalue weighted by Crippen LogP contribution is 1.93. The highest BCUT2D eigenvalue weighted by atomic mass is 16.6. The number of ether oxygens (including phenoxy) is 1. The highest BCUT2D eigenvalue weighted by Gasteiger charge is 2.15. The molecule has 0 aromatic carbocycles. The molecule has 0 fully saturated rings. The molecule has 1 N–H and O–H groups in total. The Morgan fingerprint density at radius 3 is 2.08 bits per heavy atom. The summed E-state index contributed by atoms with van der Waals surface area (Å²) in [6, 6.07) is 0. The molecule has 0 amide bonds. The minimum atomic E-state index is -1.27. The van der Waals surface area contributed by atoms with Gasteiger partial charge in [-0.3, -0.25) is 14.4 Å². The van der Waals surface area contributed by atoms with Gasteiger partial charge in [-0.25, -0.2) is 4.79 Å². The predicted molar refractivity (Wildman–Crippen MR) is 38.6 cm³/mol. The van der Waals surface area contributed by atoms with Gasteiger partial charge in [0.2, 0.25) is 5.78 Å². The molecule has 0 rings (SSSR count). The summed E-state index contributed by atoms with van der Waals surface area (Å²) in [7, 11) is 0. The van der Waals surface area contributed by atoms with Gasteiger partial charge in [-0.15, -0.1) is 0 Å². The van der Waals surface area contributed by atoms with Crippen LogP contribution in [0, 0.1) is 0 Å². The second-order valence-electron chi connectivity index (χ2n) is 2.21. The van der Waals surface area contributed by atoms with E-state index in [4.69, 9.17) is 5.11 Å². The van der Waals surface area contributed by atoms with Crippen molar-refractivity contribution in [3.63, 3.8) is 0 Å². The predicted octanol–water partition coefficient (Wildman–Crippen LogP) is -0.490. The van der Waals surface area contributed by atoms with Gasteiger partial charge in [0.15, 0.2) is 0 Å². The maximum Gasteiger partial charge on any atom is 0.381 e. The van der Waals surface area contributed by atoms with Crippen LogP contribution in [0.25, 0.3) is 0 Å². The molecular weight excluding hydrogens is 180 g/mol. The fraction of sp³-hybridized carbons (Fsp3) is 0.429. The van der Waals surface area contributed by atoms with Gasteiger partial charge < -0.3 is 9.84 Å². The number of ketones is 1. The first-order valence-electron chi connectivity index (χ1n) is 3.41. The Bertz CT molecular complexity index is 254. The topological polar surface area (TPSA) is 97.7 Å². The number of hydrogen-bond acceptors (Lipinski definition) is 5. The molecule has 0 saturated heterocycles. The first-order valence-corrected chi connectivity index (χ1v) is 3.41. The number of hydrogen-bond donors (Lipinski definition) is 1. The van der Waals surface area contributed by atoms with Crippen molar-refractivity contribution in [2.75, 3.05) is 0 Å². The van der Waals surface area contributed by atoms with E-state index in [2.05, 4.69) is 4.74 Å². The fourth-order valence-electron chi connectivity index (χ4n) is 0.435. The van der Waals surface area contributed by atoms with Crippen molar-refractivity contribution in [2.24, 2.45) is 0 Å². The maximum atomic E-state index is 10.6. The summed E-state index contributed by atoms with van der Waals surface area (Å²) in [4.78, 5) is 41.3. The van der Waals surface area contributed by atoms with E-state index in [0.717, 1.165) is 6.92 Å². The monoisotopic (exact) mass is 188 g/mol. The molecule has 0 aliphatic carbocycles. The van der Waals surface area contributed by atoms with Gasteiger partial charge in [-0.2, -0.15) is 0 Å². The lowest BCUT2D eigenvalue weighted by Crippen LogP contribution is -2.19. The number of aliphatic carboxylic acids is 1. The molecule has 72 valence electrons. The van der Waals surface area contributed by atoms with Gasteiger partial charge in [0.25, 0.3) is 0 Å². The van der Waals surface area contributed by atoms with Crippen molar-refractivity contribution in [3.8, 4) is 0 Å².